The first-order chi connectivity index (χ1) is 15.3. The van der Waals surface area contributed by atoms with Gasteiger partial charge in [-0.1, -0.05) is 43.2 Å². The standard InChI is InChI=1S/C23H25N3O5S/c27-23(24-12-5-1-2-6-13-24)16-25-15-22(20-10-3-4-11-21(20)25)32(30,31)17-18-8-7-9-19(14-18)26(28)29/h3-4,7-11,14-15H,1-2,5-6,12-13,16-17H2. The highest BCUT2D eigenvalue weighted by Crippen LogP contribution is 2.29. The number of para-hydroxylation sites is 1. The van der Waals surface area contributed by atoms with E-state index in [1.807, 2.05) is 11.0 Å². The van der Waals surface area contributed by atoms with Crippen molar-refractivity contribution in [2.75, 3.05) is 13.1 Å². The second-order valence-electron chi connectivity index (χ2n) is 8.12. The zero-order chi connectivity index (χ0) is 22.7. The molecule has 3 aromatic rings. The lowest BCUT2D eigenvalue weighted by Crippen LogP contribution is -2.34. The maximum Gasteiger partial charge on any atom is 0.269 e. The Labute approximate surface area is 186 Å². The number of likely N-dealkylation sites (tertiary alicyclic amines) is 1. The molecule has 1 aliphatic heterocycles. The predicted molar refractivity (Wildman–Crippen MR) is 121 cm³/mol. The Morgan fingerprint density at radius 1 is 1.00 bits per heavy atom. The summed E-state index contributed by atoms with van der Waals surface area (Å²) in [6.45, 7) is 1.54. The first-order valence-corrected chi connectivity index (χ1v) is 12.3. The summed E-state index contributed by atoms with van der Waals surface area (Å²) in [6, 6.07) is 12.7. The summed E-state index contributed by atoms with van der Waals surface area (Å²) in [4.78, 5) is 25.4. The lowest BCUT2D eigenvalue weighted by molar-refractivity contribution is -0.384. The highest BCUT2D eigenvalue weighted by Gasteiger charge is 2.24. The molecule has 0 unspecified atom stereocenters. The molecule has 1 fully saturated rings. The average molecular weight is 456 g/mol. The first-order valence-electron chi connectivity index (χ1n) is 10.7. The van der Waals surface area contributed by atoms with Gasteiger partial charge in [0, 0.05) is 42.3 Å². The summed E-state index contributed by atoms with van der Waals surface area (Å²) in [6.07, 6.45) is 5.74. The number of carbonyl (C=O) groups excluding carboxylic acids is 1. The van der Waals surface area contributed by atoms with E-state index in [1.54, 1.807) is 28.8 Å². The summed E-state index contributed by atoms with van der Waals surface area (Å²) in [5, 5.41) is 11.6. The number of hydrogen-bond acceptors (Lipinski definition) is 5. The van der Waals surface area contributed by atoms with Crippen LogP contribution in [0.15, 0.2) is 59.6 Å². The van der Waals surface area contributed by atoms with Gasteiger partial charge in [0.1, 0.15) is 6.54 Å². The van der Waals surface area contributed by atoms with Crippen LogP contribution in [0.25, 0.3) is 10.9 Å². The fraction of sp³-hybridized carbons (Fsp3) is 0.348. The van der Waals surface area contributed by atoms with Gasteiger partial charge >= 0.3 is 0 Å². The first kappa shape index (κ1) is 22.0. The Hall–Kier alpha value is -3.20. The number of benzene rings is 2. The molecule has 1 amide bonds. The van der Waals surface area contributed by atoms with E-state index in [0.29, 0.717) is 16.5 Å². The topological polar surface area (TPSA) is 103 Å². The van der Waals surface area contributed by atoms with Gasteiger partial charge in [0.2, 0.25) is 5.91 Å². The normalized spacial score (nSPS) is 14.9. The number of amides is 1. The number of fused-ring (bicyclic) bond motifs is 1. The molecule has 4 rings (SSSR count). The number of sulfone groups is 1. The van der Waals surface area contributed by atoms with Gasteiger partial charge in [0.25, 0.3) is 5.69 Å². The van der Waals surface area contributed by atoms with E-state index in [2.05, 4.69) is 0 Å². The van der Waals surface area contributed by atoms with Crippen LogP contribution in [0.4, 0.5) is 5.69 Å². The van der Waals surface area contributed by atoms with Crippen LogP contribution in [0.3, 0.4) is 0 Å². The van der Waals surface area contributed by atoms with Gasteiger partial charge in [0.15, 0.2) is 9.84 Å². The quantitative estimate of drug-likeness (QED) is 0.414. The number of nitro benzene ring substituents is 1. The van der Waals surface area contributed by atoms with E-state index in [1.165, 1.54) is 24.4 Å². The molecule has 1 aromatic heterocycles. The number of rotatable bonds is 6. The van der Waals surface area contributed by atoms with Crippen LogP contribution in [-0.4, -0.2) is 41.8 Å². The molecular weight excluding hydrogens is 430 g/mol. The van der Waals surface area contributed by atoms with Gasteiger partial charge in [-0.3, -0.25) is 14.9 Å². The molecule has 9 heteroatoms. The molecule has 32 heavy (non-hydrogen) atoms. The summed E-state index contributed by atoms with van der Waals surface area (Å²) >= 11 is 0. The van der Waals surface area contributed by atoms with Crippen molar-refractivity contribution in [3.05, 3.63) is 70.4 Å². The average Bonchev–Trinajstić information content (AvgIpc) is 2.94. The highest BCUT2D eigenvalue weighted by molar-refractivity contribution is 7.90. The molecule has 0 aliphatic carbocycles. The number of carbonyl (C=O) groups is 1. The predicted octanol–water partition coefficient (Wildman–Crippen LogP) is 3.93. The number of non-ortho nitro benzene ring substituents is 1. The molecule has 0 atom stereocenters. The van der Waals surface area contributed by atoms with Crippen LogP contribution in [0, 0.1) is 10.1 Å². The van der Waals surface area contributed by atoms with Gasteiger partial charge in [-0.2, -0.15) is 0 Å². The summed E-state index contributed by atoms with van der Waals surface area (Å²) in [5.41, 5.74) is 0.869. The fourth-order valence-electron chi connectivity index (χ4n) is 4.21. The number of nitrogens with zero attached hydrogens (tertiary/aromatic N) is 3. The minimum absolute atomic E-state index is 0.0183. The van der Waals surface area contributed by atoms with E-state index in [-0.39, 0.29) is 28.8 Å². The fourth-order valence-corrected chi connectivity index (χ4v) is 5.78. The maximum atomic E-state index is 13.3. The third-order valence-corrected chi connectivity index (χ3v) is 7.54. The van der Waals surface area contributed by atoms with Crippen molar-refractivity contribution in [1.29, 1.82) is 0 Å². The lowest BCUT2D eigenvalue weighted by atomic mass is 10.2. The number of hydrogen-bond donors (Lipinski definition) is 0. The lowest BCUT2D eigenvalue weighted by Gasteiger charge is -2.20. The van der Waals surface area contributed by atoms with Crippen LogP contribution in [-0.2, 0) is 26.9 Å². The molecule has 1 aliphatic rings. The van der Waals surface area contributed by atoms with Crippen LogP contribution < -0.4 is 0 Å². The van der Waals surface area contributed by atoms with E-state index in [9.17, 15) is 23.3 Å². The molecule has 168 valence electrons. The van der Waals surface area contributed by atoms with Gasteiger partial charge < -0.3 is 9.47 Å². The molecule has 8 nitrogen and oxygen atoms in total. The Morgan fingerprint density at radius 2 is 1.72 bits per heavy atom. The second-order valence-corrected chi connectivity index (χ2v) is 10.1. The maximum absolute atomic E-state index is 13.3. The zero-order valence-electron chi connectivity index (χ0n) is 17.6. The minimum Gasteiger partial charge on any atom is -0.341 e. The molecule has 0 bridgehead atoms. The summed E-state index contributed by atoms with van der Waals surface area (Å²) < 4.78 is 28.2. The number of aromatic nitrogens is 1. The van der Waals surface area contributed by atoms with Crippen LogP contribution in [0.1, 0.15) is 31.2 Å². The number of nitro groups is 1. The molecule has 0 saturated carbocycles. The van der Waals surface area contributed by atoms with E-state index in [0.717, 1.165) is 38.8 Å². The largest absolute Gasteiger partial charge is 0.341 e. The van der Waals surface area contributed by atoms with Crippen molar-refractivity contribution in [3.8, 4) is 0 Å². The smallest absolute Gasteiger partial charge is 0.269 e. The van der Waals surface area contributed by atoms with Gasteiger partial charge in [-0.15, -0.1) is 0 Å². The van der Waals surface area contributed by atoms with Crippen molar-refractivity contribution < 1.29 is 18.1 Å². The molecule has 2 heterocycles. The van der Waals surface area contributed by atoms with E-state index < -0.39 is 14.8 Å². The van der Waals surface area contributed by atoms with E-state index >= 15 is 0 Å². The molecule has 0 radical (unpaired) electrons. The Kier molecular flexibility index (Phi) is 6.27. The molecule has 1 saturated heterocycles. The van der Waals surface area contributed by atoms with Crippen LogP contribution in [0.2, 0.25) is 0 Å². The molecule has 2 aromatic carbocycles. The molecular formula is C23H25N3O5S. The Morgan fingerprint density at radius 3 is 2.44 bits per heavy atom. The van der Waals surface area contributed by atoms with E-state index in [4.69, 9.17) is 0 Å². The monoisotopic (exact) mass is 455 g/mol. The Bertz CT molecular complexity index is 1260. The Balaban J connectivity index is 1.65. The summed E-state index contributed by atoms with van der Waals surface area (Å²) in [7, 11) is -3.80. The van der Waals surface area contributed by atoms with Crippen molar-refractivity contribution in [2.24, 2.45) is 0 Å². The molecule has 0 spiro atoms. The van der Waals surface area contributed by atoms with Crippen molar-refractivity contribution >= 4 is 32.3 Å². The highest BCUT2D eigenvalue weighted by atomic mass is 32.2. The van der Waals surface area contributed by atoms with Crippen LogP contribution >= 0.6 is 0 Å². The second kappa shape index (κ2) is 9.12. The SMILES string of the molecule is O=C(Cn1cc(S(=O)(=O)Cc2cccc([N+](=O)[O-])c2)c2ccccc21)N1CCCCCC1. The van der Waals surface area contributed by atoms with Gasteiger partial charge in [-0.25, -0.2) is 8.42 Å². The third kappa shape index (κ3) is 4.67. The van der Waals surface area contributed by atoms with Gasteiger partial charge in [0.05, 0.1) is 15.6 Å². The van der Waals surface area contributed by atoms with Crippen molar-refractivity contribution in [3.63, 3.8) is 0 Å². The zero-order valence-corrected chi connectivity index (χ0v) is 18.5. The van der Waals surface area contributed by atoms with Crippen LogP contribution in [0.5, 0.6) is 0 Å². The van der Waals surface area contributed by atoms with Gasteiger partial charge in [-0.05, 0) is 24.5 Å². The third-order valence-electron chi connectivity index (χ3n) is 5.83. The summed E-state index contributed by atoms with van der Waals surface area (Å²) in [5.74, 6) is -0.377. The molecule has 0 N–H and O–H groups in total. The van der Waals surface area contributed by atoms with Crippen molar-refractivity contribution in [1.82, 2.24) is 9.47 Å². The minimum atomic E-state index is -3.80. The van der Waals surface area contributed by atoms with Crippen molar-refractivity contribution in [2.45, 2.75) is 42.9 Å².